The summed E-state index contributed by atoms with van der Waals surface area (Å²) in [4.78, 5) is 11.1. The minimum atomic E-state index is -0.292. The minimum Gasteiger partial charge on any atom is -0.449 e. The molecule has 1 amide bonds. The number of rotatable bonds is 0. The average molecular weight is 213 g/mol. The van der Waals surface area contributed by atoms with Gasteiger partial charge in [-0.05, 0) is 10.8 Å². The Morgan fingerprint density at radius 3 is 1.87 bits per heavy atom. The molecule has 1 N–H and O–H groups in total. The van der Waals surface area contributed by atoms with E-state index in [4.69, 9.17) is 4.74 Å². The first-order valence-electron chi connectivity index (χ1n) is 5.51. The van der Waals surface area contributed by atoms with E-state index in [9.17, 15) is 4.79 Å². The highest BCUT2D eigenvalue weighted by Gasteiger charge is 2.53. The number of cyclic esters (lactones) is 1. The molecule has 0 aromatic heterocycles. The molecule has 3 nitrogen and oxygen atoms in total. The second-order valence-corrected chi connectivity index (χ2v) is 6.51. The molecule has 1 aliphatic rings. The number of ether oxygens (including phenoxy) is 1. The smallest absolute Gasteiger partial charge is 0.407 e. The maximum Gasteiger partial charge on any atom is 0.407 e. The lowest BCUT2D eigenvalue weighted by Crippen LogP contribution is -2.60. The molecule has 0 atom stereocenters. The van der Waals surface area contributed by atoms with E-state index in [0.717, 1.165) is 0 Å². The number of nitrogens with one attached hydrogen (secondary N) is 1. The van der Waals surface area contributed by atoms with Crippen LogP contribution in [0.15, 0.2) is 0 Å². The van der Waals surface area contributed by atoms with Crippen LogP contribution in [0.3, 0.4) is 0 Å². The Bertz CT molecular complexity index is 232. The van der Waals surface area contributed by atoms with Crippen LogP contribution in [0.2, 0.25) is 0 Å². The Morgan fingerprint density at radius 1 is 1.13 bits per heavy atom. The molecule has 0 aromatic rings. The predicted molar refractivity (Wildman–Crippen MR) is 60.7 cm³/mol. The van der Waals surface area contributed by atoms with Crippen molar-refractivity contribution in [1.82, 2.24) is 5.32 Å². The molecule has 0 bridgehead atoms. The highest BCUT2D eigenvalue weighted by Crippen LogP contribution is 2.52. The van der Waals surface area contributed by atoms with Crippen molar-refractivity contribution in [2.75, 3.05) is 13.2 Å². The quantitative estimate of drug-likeness (QED) is 0.672. The topological polar surface area (TPSA) is 38.3 Å². The molecule has 88 valence electrons. The van der Waals surface area contributed by atoms with Crippen molar-refractivity contribution in [3.63, 3.8) is 0 Å². The van der Waals surface area contributed by atoms with E-state index in [1.165, 1.54) is 0 Å². The number of amides is 1. The van der Waals surface area contributed by atoms with Crippen LogP contribution in [-0.2, 0) is 4.74 Å². The third kappa shape index (κ3) is 1.97. The Kier molecular flexibility index (Phi) is 2.79. The van der Waals surface area contributed by atoms with Crippen molar-refractivity contribution in [2.45, 2.75) is 41.5 Å². The van der Waals surface area contributed by atoms with Gasteiger partial charge in [0.2, 0.25) is 0 Å². The van der Waals surface area contributed by atoms with Gasteiger partial charge in [0.25, 0.3) is 0 Å². The number of alkyl carbamates (subject to hydrolysis) is 1. The van der Waals surface area contributed by atoms with E-state index in [2.05, 4.69) is 46.9 Å². The molecular weight excluding hydrogens is 190 g/mol. The molecule has 1 fully saturated rings. The normalized spacial score (nSPS) is 21.9. The molecule has 0 spiro atoms. The third-order valence-electron chi connectivity index (χ3n) is 3.86. The molecule has 15 heavy (non-hydrogen) atoms. The molecule has 1 saturated heterocycles. The Hall–Kier alpha value is -0.730. The first-order chi connectivity index (χ1) is 6.60. The summed E-state index contributed by atoms with van der Waals surface area (Å²) in [5.41, 5.74) is 0.172. The van der Waals surface area contributed by atoms with Crippen LogP contribution >= 0.6 is 0 Å². The summed E-state index contributed by atoms with van der Waals surface area (Å²) in [5.74, 6) is 0. The van der Waals surface area contributed by atoms with Crippen molar-refractivity contribution < 1.29 is 9.53 Å². The lowest BCUT2D eigenvalue weighted by molar-refractivity contribution is -0.0934. The maximum absolute atomic E-state index is 11.1. The fraction of sp³-hybridized carbons (Fsp3) is 0.917. The zero-order chi connectivity index (χ0) is 11.9. The van der Waals surface area contributed by atoms with Crippen LogP contribution < -0.4 is 5.32 Å². The standard InChI is InChI=1S/C12H23NO2/c1-10(2,3)12(11(4,5)6)7-13-9(14)15-8-12/h7-8H2,1-6H3,(H,13,14). The highest BCUT2D eigenvalue weighted by atomic mass is 16.6. The number of carbonyl (C=O) groups excluding carboxylic acids is 1. The molecule has 0 saturated carbocycles. The van der Waals surface area contributed by atoms with E-state index >= 15 is 0 Å². The van der Waals surface area contributed by atoms with Gasteiger partial charge in [0.15, 0.2) is 0 Å². The summed E-state index contributed by atoms with van der Waals surface area (Å²) in [5, 5.41) is 2.82. The summed E-state index contributed by atoms with van der Waals surface area (Å²) in [6.45, 7) is 14.4. The molecular formula is C12H23NO2. The van der Waals surface area contributed by atoms with Crippen molar-refractivity contribution in [1.29, 1.82) is 0 Å². The van der Waals surface area contributed by atoms with Gasteiger partial charge in [-0.2, -0.15) is 0 Å². The summed E-state index contributed by atoms with van der Waals surface area (Å²) < 4.78 is 5.20. The molecule has 0 aliphatic carbocycles. The van der Waals surface area contributed by atoms with E-state index in [1.807, 2.05) is 0 Å². The monoisotopic (exact) mass is 213 g/mol. The van der Waals surface area contributed by atoms with E-state index < -0.39 is 0 Å². The van der Waals surface area contributed by atoms with Gasteiger partial charge in [0.05, 0.1) is 0 Å². The van der Waals surface area contributed by atoms with E-state index in [0.29, 0.717) is 13.2 Å². The first kappa shape index (κ1) is 12.3. The van der Waals surface area contributed by atoms with E-state index in [-0.39, 0.29) is 22.3 Å². The van der Waals surface area contributed by atoms with Gasteiger partial charge >= 0.3 is 6.09 Å². The predicted octanol–water partition coefficient (Wildman–Crippen LogP) is 2.80. The molecule has 1 heterocycles. The number of hydrogen-bond donors (Lipinski definition) is 1. The van der Waals surface area contributed by atoms with Gasteiger partial charge in [-0.1, -0.05) is 41.5 Å². The summed E-state index contributed by atoms with van der Waals surface area (Å²) in [6.07, 6.45) is -0.292. The molecule has 0 aromatic carbocycles. The summed E-state index contributed by atoms with van der Waals surface area (Å²) in [7, 11) is 0. The Morgan fingerprint density at radius 2 is 1.60 bits per heavy atom. The molecule has 0 unspecified atom stereocenters. The van der Waals surface area contributed by atoms with E-state index in [1.54, 1.807) is 0 Å². The largest absolute Gasteiger partial charge is 0.449 e. The van der Waals surface area contributed by atoms with Crippen LogP contribution in [0.4, 0.5) is 4.79 Å². The fourth-order valence-electron chi connectivity index (χ4n) is 2.60. The van der Waals surface area contributed by atoms with Gasteiger partial charge in [0, 0.05) is 12.0 Å². The maximum atomic E-state index is 11.1. The SMILES string of the molecule is CC(C)(C)C1(C(C)(C)C)CNC(=O)OC1. The van der Waals surface area contributed by atoms with Gasteiger partial charge < -0.3 is 10.1 Å². The van der Waals surface area contributed by atoms with Gasteiger partial charge in [-0.25, -0.2) is 4.79 Å². The van der Waals surface area contributed by atoms with Gasteiger partial charge in [-0.3, -0.25) is 0 Å². The highest BCUT2D eigenvalue weighted by molar-refractivity contribution is 5.68. The van der Waals surface area contributed by atoms with Crippen molar-refractivity contribution >= 4 is 6.09 Å². The zero-order valence-electron chi connectivity index (χ0n) is 10.7. The molecule has 0 radical (unpaired) electrons. The number of hydrogen-bond acceptors (Lipinski definition) is 2. The van der Waals surface area contributed by atoms with Crippen LogP contribution in [-0.4, -0.2) is 19.2 Å². The van der Waals surface area contributed by atoms with Crippen molar-refractivity contribution in [3.05, 3.63) is 0 Å². The van der Waals surface area contributed by atoms with Gasteiger partial charge in [0.1, 0.15) is 6.61 Å². The lowest BCUT2D eigenvalue weighted by Gasteiger charge is -2.54. The molecule has 1 rings (SSSR count). The second kappa shape index (κ2) is 3.39. The second-order valence-electron chi connectivity index (χ2n) is 6.51. The van der Waals surface area contributed by atoms with Crippen LogP contribution in [0.25, 0.3) is 0 Å². The van der Waals surface area contributed by atoms with Crippen molar-refractivity contribution in [3.8, 4) is 0 Å². The molecule has 1 aliphatic heterocycles. The first-order valence-corrected chi connectivity index (χ1v) is 5.51. The van der Waals surface area contributed by atoms with Crippen LogP contribution in [0.1, 0.15) is 41.5 Å². The summed E-state index contributed by atoms with van der Waals surface area (Å²) >= 11 is 0. The number of carbonyl (C=O) groups is 1. The fourth-order valence-corrected chi connectivity index (χ4v) is 2.60. The van der Waals surface area contributed by atoms with Crippen molar-refractivity contribution in [2.24, 2.45) is 16.2 Å². The average Bonchev–Trinajstić information content (AvgIpc) is 2.00. The zero-order valence-corrected chi connectivity index (χ0v) is 10.7. The Balaban J connectivity index is 3.04. The summed E-state index contributed by atoms with van der Waals surface area (Å²) in [6, 6.07) is 0. The third-order valence-corrected chi connectivity index (χ3v) is 3.86. The lowest BCUT2D eigenvalue weighted by atomic mass is 9.54. The van der Waals surface area contributed by atoms with Crippen LogP contribution in [0, 0.1) is 16.2 Å². The van der Waals surface area contributed by atoms with Gasteiger partial charge in [-0.15, -0.1) is 0 Å². The van der Waals surface area contributed by atoms with Crippen LogP contribution in [0.5, 0.6) is 0 Å². The minimum absolute atomic E-state index is 0.0199. The molecule has 3 heteroatoms. The Labute approximate surface area is 92.6 Å².